The summed E-state index contributed by atoms with van der Waals surface area (Å²) in [5, 5.41) is 8.01. The van der Waals surface area contributed by atoms with Crippen LogP contribution >= 0.6 is 24.2 Å². The lowest BCUT2D eigenvalue weighted by Gasteiger charge is -1.96. The van der Waals surface area contributed by atoms with Crippen LogP contribution in [-0.2, 0) is 4.79 Å². The Morgan fingerprint density at radius 3 is 2.23 bits per heavy atom. The van der Waals surface area contributed by atoms with Gasteiger partial charge in [0.2, 0.25) is 0 Å². The van der Waals surface area contributed by atoms with E-state index in [0.717, 1.165) is 5.88 Å². The molecule has 0 heterocycles. The molecule has 0 aromatic carbocycles. The van der Waals surface area contributed by atoms with Crippen molar-refractivity contribution in [2.45, 2.75) is 32.2 Å². The van der Waals surface area contributed by atoms with Gasteiger partial charge in [-0.05, 0) is 6.42 Å². The Bertz CT molecular complexity index is 121. The second kappa shape index (κ2) is 12.1. The SMILES string of the molecule is CCCCCCl.NC(CS)C(=O)O. The molecule has 0 amide bonds. The van der Waals surface area contributed by atoms with Crippen LogP contribution in [0.3, 0.4) is 0 Å². The molecule has 0 aliphatic rings. The highest BCUT2D eigenvalue weighted by molar-refractivity contribution is 7.80. The summed E-state index contributed by atoms with van der Waals surface area (Å²) in [4.78, 5) is 9.76. The van der Waals surface area contributed by atoms with Gasteiger partial charge in [-0.3, -0.25) is 4.79 Å². The summed E-state index contributed by atoms with van der Waals surface area (Å²) >= 11 is 9.03. The third-order valence-electron chi connectivity index (χ3n) is 1.25. The smallest absolute Gasteiger partial charge is 0.321 e. The van der Waals surface area contributed by atoms with Gasteiger partial charge in [-0.15, -0.1) is 11.6 Å². The van der Waals surface area contributed by atoms with Crippen molar-refractivity contribution in [1.29, 1.82) is 0 Å². The maximum atomic E-state index is 9.76. The molecule has 0 rings (SSSR count). The monoisotopic (exact) mass is 227 g/mol. The molecule has 0 aromatic heterocycles. The molecule has 13 heavy (non-hydrogen) atoms. The van der Waals surface area contributed by atoms with Gasteiger partial charge in [-0.2, -0.15) is 12.6 Å². The van der Waals surface area contributed by atoms with Gasteiger partial charge in [0, 0.05) is 11.6 Å². The number of hydrogen-bond acceptors (Lipinski definition) is 3. The number of unbranched alkanes of at least 4 members (excludes halogenated alkanes) is 2. The third-order valence-corrected chi connectivity index (χ3v) is 1.91. The highest BCUT2D eigenvalue weighted by atomic mass is 35.5. The lowest BCUT2D eigenvalue weighted by molar-refractivity contribution is -0.137. The lowest BCUT2D eigenvalue weighted by Crippen LogP contribution is -2.31. The number of aliphatic carboxylic acids is 1. The molecule has 0 aliphatic carbocycles. The van der Waals surface area contributed by atoms with Crippen LogP contribution in [0.1, 0.15) is 26.2 Å². The Kier molecular flexibility index (Phi) is 14.4. The van der Waals surface area contributed by atoms with Crippen LogP contribution in [0.25, 0.3) is 0 Å². The average Bonchev–Trinajstić information content (AvgIpc) is 2.14. The Morgan fingerprint density at radius 2 is 2.15 bits per heavy atom. The second-order valence-electron chi connectivity index (χ2n) is 2.52. The van der Waals surface area contributed by atoms with Gasteiger partial charge in [-0.25, -0.2) is 0 Å². The van der Waals surface area contributed by atoms with Gasteiger partial charge in [0.1, 0.15) is 6.04 Å². The topological polar surface area (TPSA) is 63.3 Å². The standard InChI is InChI=1S/C5H11Cl.C3H7NO2S/c1-2-3-4-5-6;4-2(1-7)3(5)6/h2-5H2,1H3;2,7H,1,4H2,(H,5,6). The van der Waals surface area contributed by atoms with Crippen molar-refractivity contribution < 1.29 is 9.90 Å². The van der Waals surface area contributed by atoms with Crippen LogP contribution in [0.2, 0.25) is 0 Å². The molecule has 1 unspecified atom stereocenters. The van der Waals surface area contributed by atoms with Crippen molar-refractivity contribution in [2.75, 3.05) is 11.6 Å². The lowest BCUT2D eigenvalue weighted by atomic mass is 10.3. The predicted molar refractivity (Wildman–Crippen MR) is 59.7 cm³/mol. The first-order valence-corrected chi connectivity index (χ1v) is 5.42. The molecule has 5 heteroatoms. The third kappa shape index (κ3) is 14.9. The zero-order chi connectivity index (χ0) is 10.7. The van der Waals surface area contributed by atoms with Crippen molar-refractivity contribution in [3.63, 3.8) is 0 Å². The molecule has 3 nitrogen and oxygen atoms in total. The second-order valence-corrected chi connectivity index (χ2v) is 3.27. The van der Waals surface area contributed by atoms with E-state index in [-0.39, 0.29) is 5.75 Å². The summed E-state index contributed by atoms with van der Waals surface area (Å²) in [6, 6.07) is -0.816. The quantitative estimate of drug-likeness (QED) is 0.381. The van der Waals surface area contributed by atoms with Crippen molar-refractivity contribution in [1.82, 2.24) is 0 Å². The largest absolute Gasteiger partial charge is 0.480 e. The van der Waals surface area contributed by atoms with Gasteiger partial charge in [0.25, 0.3) is 0 Å². The van der Waals surface area contributed by atoms with Gasteiger partial charge in [0.05, 0.1) is 0 Å². The van der Waals surface area contributed by atoms with E-state index in [2.05, 4.69) is 19.6 Å². The van der Waals surface area contributed by atoms with Crippen LogP contribution in [-0.4, -0.2) is 28.8 Å². The molecule has 0 fully saturated rings. The van der Waals surface area contributed by atoms with E-state index in [1.54, 1.807) is 0 Å². The number of hydrogen-bond donors (Lipinski definition) is 3. The fourth-order valence-electron chi connectivity index (χ4n) is 0.423. The molecule has 0 aromatic rings. The van der Waals surface area contributed by atoms with Crippen LogP contribution in [0, 0.1) is 0 Å². The normalized spacial score (nSPS) is 11.4. The van der Waals surface area contributed by atoms with E-state index in [1.165, 1.54) is 19.3 Å². The van der Waals surface area contributed by atoms with E-state index in [0.29, 0.717) is 0 Å². The number of alkyl halides is 1. The molecule has 80 valence electrons. The van der Waals surface area contributed by atoms with Crippen molar-refractivity contribution in [3.05, 3.63) is 0 Å². The van der Waals surface area contributed by atoms with E-state index in [9.17, 15) is 4.79 Å². The summed E-state index contributed by atoms with van der Waals surface area (Å²) in [7, 11) is 0. The summed E-state index contributed by atoms with van der Waals surface area (Å²) in [6.45, 7) is 2.17. The summed E-state index contributed by atoms with van der Waals surface area (Å²) < 4.78 is 0. The van der Waals surface area contributed by atoms with Crippen LogP contribution < -0.4 is 5.73 Å². The first-order valence-electron chi connectivity index (χ1n) is 4.25. The molecule has 0 spiro atoms. The van der Waals surface area contributed by atoms with Gasteiger partial charge < -0.3 is 10.8 Å². The fraction of sp³-hybridized carbons (Fsp3) is 0.875. The molecule has 1 atom stereocenters. The van der Waals surface area contributed by atoms with Gasteiger partial charge in [-0.1, -0.05) is 19.8 Å². The molecule has 0 saturated heterocycles. The van der Waals surface area contributed by atoms with Crippen molar-refractivity contribution >= 4 is 30.2 Å². The predicted octanol–water partition coefficient (Wildman–Crippen LogP) is 1.74. The summed E-state index contributed by atoms with van der Waals surface area (Å²) in [6.07, 6.45) is 3.73. The average molecular weight is 228 g/mol. The molecule has 0 saturated carbocycles. The zero-order valence-corrected chi connectivity index (χ0v) is 9.52. The Balaban J connectivity index is 0. The fourth-order valence-corrected chi connectivity index (χ4v) is 0.768. The van der Waals surface area contributed by atoms with Crippen LogP contribution in [0.5, 0.6) is 0 Å². The number of nitrogens with two attached hydrogens (primary N) is 1. The number of rotatable bonds is 5. The molecule has 3 N–H and O–H groups in total. The molecule has 0 bridgehead atoms. The Hall–Kier alpha value is 0.0700. The molecule has 0 aliphatic heterocycles. The molecular weight excluding hydrogens is 210 g/mol. The summed E-state index contributed by atoms with van der Waals surface area (Å²) in [5.74, 6) is 0.0124. The molecular formula is C8H18ClNO2S. The van der Waals surface area contributed by atoms with E-state index < -0.39 is 12.0 Å². The van der Waals surface area contributed by atoms with E-state index >= 15 is 0 Å². The Morgan fingerprint density at radius 1 is 1.62 bits per heavy atom. The summed E-state index contributed by atoms with van der Waals surface area (Å²) in [5.41, 5.74) is 4.94. The number of halogens is 1. The minimum absolute atomic E-state index is 0.190. The van der Waals surface area contributed by atoms with E-state index in [1.807, 2.05) is 0 Å². The van der Waals surface area contributed by atoms with E-state index in [4.69, 9.17) is 22.4 Å². The first-order chi connectivity index (χ1) is 6.09. The minimum atomic E-state index is -1.00. The minimum Gasteiger partial charge on any atom is -0.480 e. The number of carboxylic acids is 1. The number of carboxylic acid groups (broad SMARTS) is 1. The molecule has 0 radical (unpaired) electrons. The Labute approximate surface area is 90.1 Å². The number of thiol groups is 1. The van der Waals surface area contributed by atoms with Crippen molar-refractivity contribution in [3.8, 4) is 0 Å². The van der Waals surface area contributed by atoms with Crippen LogP contribution in [0.15, 0.2) is 0 Å². The first kappa shape index (κ1) is 15.5. The number of carbonyl (C=O) groups is 1. The van der Waals surface area contributed by atoms with Crippen molar-refractivity contribution in [2.24, 2.45) is 5.73 Å². The van der Waals surface area contributed by atoms with Crippen LogP contribution in [0.4, 0.5) is 0 Å². The highest BCUT2D eigenvalue weighted by Gasteiger charge is 2.06. The maximum Gasteiger partial charge on any atom is 0.321 e. The van der Waals surface area contributed by atoms with Gasteiger partial charge in [0.15, 0.2) is 0 Å². The zero-order valence-electron chi connectivity index (χ0n) is 7.87. The highest BCUT2D eigenvalue weighted by Crippen LogP contribution is 1.93. The van der Waals surface area contributed by atoms with Gasteiger partial charge >= 0.3 is 5.97 Å². The maximum absolute atomic E-state index is 9.76.